The molecule has 106 valence electrons. The molecule has 5 heteroatoms. The summed E-state index contributed by atoms with van der Waals surface area (Å²) in [5, 5.41) is 6.40. The van der Waals surface area contributed by atoms with E-state index >= 15 is 0 Å². The molecule has 0 aromatic rings. The Labute approximate surface area is 113 Å². The smallest absolute Gasteiger partial charge is 0.221 e. The molecule has 1 rings (SSSR count). The van der Waals surface area contributed by atoms with Crippen molar-refractivity contribution < 1.29 is 9.00 Å². The highest BCUT2D eigenvalue weighted by molar-refractivity contribution is 7.84. The highest BCUT2D eigenvalue weighted by Gasteiger charge is 2.23. The molecule has 1 aliphatic rings. The molecule has 1 heterocycles. The molecule has 2 N–H and O–H groups in total. The van der Waals surface area contributed by atoms with Crippen LogP contribution < -0.4 is 10.6 Å². The first-order valence-corrected chi connectivity index (χ1v) is 8.54. The van der Waals surface area contributed by atoms with Gasteiger partial charge in [-0.2, -0.15) is 0 Å². The maximum absolute atomic E-state index is 11.9. The lowest BCUT2D eigenvalue weighted by atomic mass is 9.90. The zero-order valence-corrected chi connectivity index (χ0v) is 12.5. The Morgan fingerprint density at radius 2 is 2.28 bits per heavy atom. The Morgan fingerprint density at radius 3 is 2.89 bits per heavy atom. The van der Waals surface area contributed by atoms with Gasteiger partial charge in [0.2, 0.25) is 5.91 Å². The van der Waals surface area contributed by atoms with Gasteiger partial charge in [-0.15, -0.1) is 0 Å². The van der Waals surface area contributed by atoms with Crippen molar-refractivity contribution in [2.45, 2.75) is 51.6 Å². The van der Waals surface area contributed by atoms with Crippen LogP contribution in [0, 0.1) is 5.92 Å². The summed E-state index contributed by atoms with van der Waals surface area (Å²) in [6.07, 6.45) is 5.44. The maximum atomic E-state index is 11.9. The van der Waals surface area contributed by atoms with E-state index < -0.39 is 10.8 Å². The third kappa shape index (κ3) is 5.96. The number of hydrogen-bond acceptors (Lipinski definition) is 3. The van der Waals surface area contributed by atoms with E-state index in [1.54, 1.807) is 6.26 Å². The molecule has 1 amide bonds. The second-order valence-electron chi connectivity index (χ2n) is 5.42. The van der Waals surface area contributed by atoms with Gasteiger partial charge in [0.15, 0.2) is 0 Å². The number of hydrogen-bond donors (Lipinski definition) is 2. The zero-order chi connectivity index (χ0) is 13.5. The molecule has 1 fully saturated rings. The predicted octanol–water partition coefficient (Wildman–Crippen LogP) is 1.04. The van der Waals surface area contributed by atoms with Crippen molar-refractivity contribution in [3.05, 3.63) is 0 Å². The van der Waals surface area contributed by atoms with Gasteiger partial charge in [0.1, 0.15) is 0 Å². The average molecular weight is 274 g/mol. The van der Waals surface area contributed by atoms with E-state index in [9.17, 15) is 9.00 Å². The summed E-state index contributed by atoms with van der Waals surface area (Å²) in [6, 6.07) is 0.423. The van der Waals surface area contributed by atoms with Gasteiger partial charge in [-0.3, -0.25) is 9.00 Å². The summed E-state index contributed by atoms with van der Waals surface area (Å²) in [5.74, 6) is 1.33. The van der Waals surface area contributed by atoms with E-state index in [0.717, 1.165) is 13.0 Å². The van der Waals surface area contributed by atoms with E-state index in [4.69, 9.17) is 0 Å². The van der Waals surface area contributed by atoms with Crippen molar-refractivity contribution in [1.82, 2.24) is 10.6 Å². The zero-order valence-electron chi connectivity index (χ0n) is 11.7. The summed E-state index contributed by atoms with van der Waals surface area (Å²) >= 11 is 0. The summed E-state index contributed by atoms with van der Waals surface area (Å²) in [7, 11) is -0.777. The SMILES string of the molecule is CC(CCS(C)=O)NC(=O)CC1NCCCC1C. The van der Waals surface area contributed by atoms with Gasteiger partial charge in [0.05, 0.1) is 0 Å². The molecule has 1 aliphatic heterocycles. The minimum atomic E-state index is -0.777. The van der Waals surface area contributed by atoms with Crippen LogP contribution in [0.5, 0.6) is 0 Å². The maximum Gasteiger partial charge on any atom is 0.221 e. The predicted molar refractivity (Wildman–Crippen MR) is 76.0 cm³/mol. The Morgan fingerprint density at radius 1 is 1.56 bits per heavy atom. The van der Waals surface area contributed by atoms with Crippen molar-refractivity contribution in [3.8, 4) is 0 Å². The number of rotatable bonds is 6. The Balaban J connectivity index is 2.25. The minimum Gasteiger partial charge on any atom is -0.354 e. The van der Waals surface area contributed by atoms with Crippen LogP contribution in [-0.4, -0.2) is 40.8 Å². The van der Waals surface area contributed by atoms with E-state index in [-0.39, 0.29) is 11.9 Å². The first-order valence-electron chi connectivity index (χ1n) is 6.81. The summed E-state index contributed by atoms with van der Waals surface area (Å²) in [5.41, 5.74) is 0. The number of nitrogens with one attached hydrogen (secondary N) is 2. The van der Waals surface area contributed by atoms with Gasteiger partial charge in [-0.05, 0) is 38.6 Å². The molecule has 0 spiro atoms. The second kappa shape index (κ2) is 7.89. The molecule has 0 saturated carbocycles. The first-order chi connectivity index (χ1) is 8.49. The molecule has 0 bridgehead atoms. The normalized spacial score (nSPS) is 27.5. The van der Waals surface area contributed by atoms with Crippen molar-refractivity contribution >= 4 is 16.7 Å². The lowest BCUT2D eigenvalue weighted by Crippen LogP contribution is -2.45. The van der Waals surface area contributed by atoms with Gasteiger partial charge in [0.25, 0.3) is 0 Å². The van der Waals surface area contributed by atoms with Crippen molar-refractivity contribution in [1.29, 1.82) is 0 Å². The van der Waals surface area contributed by atoms with E-state index in [0.29, 0.717) is 24.1 Å². The van der Waals surface area contributed by atoms with E-state index in [2.05, 4.69) is 17.6 Å². The fourth-order valence-electron chi connectivity index (χ4n) is 2.34. The third-order valence-corrected chi connectivity index (χ3v) is 4.39. The molecule has 1 saturated heterocycles. The quantitative estimate of drug-likeness (QED) is 0.761. The summed E-state index contributed by atoms with van der Waals surface area (Å²) in [6.45, 7) is 5.20. The van der Waals surface area contributed by atoms with Crippen molar-refractivity contribution in [2.24, 2.45) is 5.92 Å². The van der Waals surface area contributed by atoms with Crippen molar-refractivity contribution in [2.75, 3.05) is 18.6 Å². The standard InChI is InChI=1S/C13H26N2O2S/c1-10-5-4-7-14-12(10)9-13(16)15-11(2)6-8-18(3)17/h10-12,14H,4-9H2,1-3H3,(H,15,16). The molecule has 18 heavy (non-hydrogen) atoms. The van der Waals surface area contributed by atoms with Gasteiger partial charge in [0, 0.05) is 41.3 Å². The molecule has 4 atom stereocenters. The highest BCUT2D eigenvalue weighted by Crippen LogP contribution is 2.17. The van der Waals surface area contributed by atoms with Crippen LogP contribution in [0.4, 0.5) is 0 Å². The first kappa shape index (κ1) is 15.6. The Hall–Kier alpha value is -0.420. The van der Waals surface area contributed by atoms with Crippen molar-refractivity contribution in [3.63, 3.8) is 0 Å². The molecular weight excluding hydrogens is 248 g/mol. The third-order valence-electron chi connectivity index (χ3n) is 3.58. The lowest BCUT2D eigenvalue weighted by molar-refractivity contribution is -0.122. The lowest BCUT2D eigenvalue weighted by Gasteiger charge is -2.30. The summed E-state index contributed by atoms with van der Waals surface area (Å²) < 4.78 is 11.0. The molecule has 0 aromatic heterocycles. The largest absolute Gasteiger partial charge is 0.354 e. The topological polar surface area (TPSA) is 58.2 Å². The monoisotopic (exact) mass is 274 g/mol. The molecule has 0 radical (unpaired) electrons. The van der Waals surface area contributed by atoms with Gasteiger partial charge < -0.3 is 10.6 Å². The number of piperidine rings is 1. The van der Waals surface area contributed by atoms with Crippen LogP contribution in [0.2, 0.25) is 0 Å². The molecular formula is C13H26N2O2S. The number of carbonyl (C=O) groups excluding carboxylic acids is 1. The second-order valence-corrected chi connectivity index (χ2v) is 6.97. The Kier molecular flexibility index (Phi) is 6.86. The van der Waals surface area contributed by atoms with Gasteiger partial charge in [-0.1, -0.05) is 6.92 Å². The van der Waals surface area contributed by atoms with Crippen LogP contribution in [0.25, 0.3) is 0 Å². The molecule has 4 nitrogen and oxygen atoms in total. The fraction of sp³-hybridized carbons (Fsp3) is 0.923. The summed E-state index contributed by atoms with van der Waals surface area (Å²) in [4.78, 5) is 11.9. The van der Waals surface area contributed by atoms with Crippen LogP contribution in [0.15, 0.2) is 0 Å². The minimum absolute atomic E-state index is 0.107. The van der Waals surface area contributed by atoms with Crippen LogP contribution >= 0.6 is 0 Å². The molecule has 0 aromatic carbocycles. The van der Waals surface area contributed by atoms with Gasteiger partial charge in [-0.25, -0.2) is 0 Å². The van der Waals surface area contributed by atoms with Crippen LogP contribution in [0.1, 0.15) is 39.5 Å². The van der Waals surface area contributed by atoms with E-state index in [1.165, 1.54) is 12.8 Å². The fourth-order valence-corrected chi connectivity index (χ4v) is 3.02. The number of carbonyl (C=O) groups is 1. The average Bonchev–Trinajstić information content (AvgIpc) is 2.29. The van der Waals surface area contributed by atoms with E-state index in [1.807, 2.05) is 6.92 Å². The molecule has 0 aliphatic carbocycles. The van der Waals surface area contributed by atoms with Crippen LogP contribution in [0.3, 0.4) is 0 Å². The molecule has 4 unspecified atom stereocenters. The number of amides is 1. The Bertz CT molecular complexity index is 297. The van der Waals surface area contributed by atoms with Crippen LogP contribution in [-0.2, 0) is 15.6 Å². The highest BCUT2D eigenvalue weighted by atomic mass is 32.2. The van der Waals surface area contributed by atoms with Gasteiger partial charge >= 0.3 is 0 Å².